The Morgan fingerprint density at radius 3 is 2.51 bits per heavy atom. The van der Waals surface area contributed by atoms with Crippen LogP contribution in [0, 0.1) is 0 Å². The molecule has 0 aliphatic carbocycles. The molecule has 3 heterocycles. The number of nitrogens with two attached hydrogens (primary N) is 1. The van der Waals surface area contributed by atoms with E-state index in [0.29, 0.717) is 6.61 Å². The van der Waals surface area contributed by atoms with E-state index in [9.17, 15) is 4.21 Å². The summed E-state index contributed by atoms with van der Waals surface area (Å²) >= 11 is 0. The molecule has 0 saturated carbocycles. The summed E-state index contributed by atoms with van der Waals surface area (Å²) in [4.78, 5) is 9.66. The van der Waals surface area contributed by atoms with Gasteiger partial charge in [0, 0.05) is 28.8 Å². The van der Waals surface area contributed by atoms with Crippen LogP contribution >= 0.6 is 0 Å². The number of fused-ring (bicyclic) bond motifs is 1. The molecule has 0 aliphatic rings. The van der Waals surface area contributed by atoms with E-state index in [4.69, 9.17) is 19.6 Å². The molecule has 41 heavy (non-hydrogen) atoms. The van der Waals surface area contributed by atoms with Crippen LogP contribution in [-0.4, -0.2) is 37.0 Å². The maximum absolute atomic E-state index is 12.2. The van der Waals surface area contributed by atoms with Gasteiger partial charge >= 0.3 is 0 Å². The fourth-order valence-electron chi connectivity index (χ4n) is 4.75. The van der Waals surface area contributed by atoms with Crippen LogP contribution in [0.1, 0.15) is 78.1 Å². The van der Waals surface area contributed by atoms with Gasteiger partial charge in [-0.15, -0.1) is 0 Å². The van der Waals surface area contributed by atoms with Crippen LogP contribution < -0.4 is 5.14 Å². The van der Waals surface area contributed by atoms with E-state index in [2.05, 4.69) is 82.2 Å². The van der Waals surface area contributed by atoms with Gasteiger partial charge in [-0.2, -0.15) is 5.10 Å². The molecular formula is C32H45N5O2SSi. The molecule has 0 aliphatic heterocycles. The first-order chi connectivity index (χ1) is 19.2. The highest BCUT2D eigenvalue weighted by Gasteiger charge is 2.37. The standard InChI is InChI=1S/C32H45N5O2SSi/c1-9-11-24(20-32(5,6)40(33)38)29-13-10-12-28(36-29)23-14-15-25-21-35-37(30(25)18-23)27-16-17-34-26(19-27)22-39-41(7,8)31(2,3)4/h10,12-19,21,24H,9,11,20,22,33H2,1-8H3/t24-,40?/m0/s1. The molecule has 4 rings (SSSR count). The van der Waals surface area contributed by atoms with Crippen molar-refractivity contribution in [3.05, 3.63) is 72.3 Å². The normalized spacial score (nSPS) is 14.4. The molecule has 0 bridgehead atoms. The van der Waals surface area contributed by atoms with E-state index < -0.39 is 24.1 Å². The summed E-state index contributed by atoms with van der Waals surface area (Å²) in [6.45, 7) is 17.8. The van der Waals surface area contributed by atoms with Gasteiger partial charge < -0.3 is 4.43 Å². The highest BCUT2D eigenvalue weighted by Crippen LogP contribution is 2.37. The summed E-state index contributed by atoms with van der Waals surface area (Å²) in [7, 11) is -3.30. The average molecular weight is 592 g/mol. The third kappa shape index (κ3) is 7.20. The largest absolute Gasteiger partial charge is 0.411 e. The zero-order valence-electron chi connectivity index (χ0n) is 25.8. The predicted molar refractivity (Wildman–Crippen MR) is 173 cm³/mol. The first-order valence-corrected chi connectivity index (χ1v) is 18.5. The number of pyridine rings is 2. The molecule has 220 valence electrons. The Balaban J connectivity index is 1.64. The fraction of sp³-hybridized carbons (Fsp3) is 0.469. The molecule has 1 aromatic carbocycles. The lowest BCUT2D eigenvalue weighted by Crippen LogP contribution is -2.40. The minimum atomic E-state index is -1.89. The minimum Gasteiger partial charge on any atom is -0.411 e. The molecule has 0 radical (unpaired) electrons. The topological polar surface area (TPSA) is 95.9 Å². The smallest absolute Gasteiger partial charge is 0.192 e. The van der Waals surface area contributed by atoms with E-state index in [1.165, 1.54) is 0 Å². The van der Waals surface area contributed by atoms with Gasteiger partial charge in [0.1, 0.15) is 0 Å². The van der Waals surface area contributed by atoms with Gasteiger partial charge in [0.2, 0.25) is 0 Å². The second-order valence-electron chi connectivity index (χ2n) is 13.1. The van der Waals surface area contributed by atoms with E-state index >= 15 is 0 Å². The minimum absolute atomic E-state index is 0.139. The number of hydrogen-bond acceptors (Lipinski definition) is 5. The molecule has 0 saturated heterocycles. The quantitative estimate of drug-likeness (QED) is 0.181. The lowest BCUT2D eigenvalue weighted by molar-refractivity contribution is 0.272. The zero-order valence-corrected chi connectivity index (χ0v) is 27.6. The first-order valence-electron chi connectivity index (χ1n) is 14.4. The molecule has 7 nitrogen and oxygen atoms in total. The van der Waals surface area contributed by atoms with Crippen LogP contribution in [-0.2, 0) is 22.0 Å². The summed E-state index contributed by atoms with van der Waals surface area (Å²) in [6.07, 6.45) is 6.42. The number of hydrogen-bond donors (Lipinski definition) is 1. The van der Waals surface area contributed by atoms with Crippen molar-refractivity contribution < 1.29 is 8.63 Å². The third-order valence-electron chi connectivity index (χ3n) is 8.41. The van der Waals surface area contributed by atoms with Gasteiger partial charge in [-0.3, -0.25) is 15.1 Å². The number of aromatic nitrogens is 4. The van der Waals surface area contributed by atoms with Crippen molar-refractivity contribution in [1.29, 1.82) is 0 Å². The Hall–Kier alpha value is -2.72. The van der Waals surface area contributed by atoms with Crippen LogP contribution in [0.15, 0.2) is 60.9 Å². The van der Waals surface area contributed by atoms with E-state index in [1.807, 2.05) is 43.1 Å². The molecular weight excluding hydrogens is 547 g/mol. The predicted octanol–water partition coefficient (Wildman–Crippen LogP) is 7.68. The Labute approximate surface area is 248 Å². The maximum atomic E-state index is 12.2. The second-order valence-corrected chi connectivity index (χ2v) is 19.6. The molecule has 0 amide bonds. The van der Waals surface area contributed by atoms with Crippen LogP contribution in [0.2, 0.25) is 18.1 Å². The van der Waals surface area contributed by atoms with Gasteiger partial charge in [-0.05, 0) is 75.2 Å². The van der Waals surface area contributed by atoms with Crippen molar-refractivity contribution in [2.45, 2.75) is 96.2 Å². The summed E-state index contributed by atoms with van der Waals surface area (Å²) in [5.74, 6) is 0.181. The van der Waals surface area contributed by atoms with Gasteiger partial charge in [0.05, 0.1) is 51.1 Å². The average Bonchev–Trinajstić information content (AvgIpc) is 3.34. The molecule has 2 atom stereocenters. The zero-order chi connectivity index (χ0) is 30.0. The van der Waals surface area contributed by atoms with E-state index in [-0.39, 0.29) is 11.0 Å². The van der Waals surface area contributed by atoms with Crippen molar-refractivity contribution in [3.63, 3.8) is 0 Å². The van der Waals surface area contributed by atoms with E-state index in [0.717, 1.165) is 58.5 Å². The molecule has 0 spiro atoms. The summed E-state index contributed by atoms with van der Waals surface area (Å²) in [5.41, 5.74) is 5.78. The van der Waals surface area contributed by atoms with Crippen molar-refractivity contribution in [2.24, 2.45) is 5.14 Å². The Kier molecular flexibility index (Phi) is 9.33. The number of nitrogens with zero attached hydrogens (tertiary/aromatic N) is 4. The van der Waals surface area contributed by atoms with Gasteiger partial charge in [0.25, 0.3) is 0 Å². The van der Waals surface area contributed by atoms with Crippen molar-refractivity contribution in [2.75, 3.05) is 0 Å². The maximum Gasteiger partial charge on any atom is 0.192 e. The SMILES string of the molecule is CCC[C@@H](CC(C)(C)S(N)=O)c1cccc(-c2ccc3cnn(-c4ccnc(CO[Si](C)(C)C(C)(C)C)c4)c3c2)n1. The summed E-state index contributed by atoms with van der Waals surface area (Å²) < 4.78 is 20.1. The second kappa shape index (κ2) is 12.3. The van der Waals surface area contributed by atoms with Crippen molar-refractivity contribution >= 4 is 30.2 Å². The molecule has 3 aromatic heterocycles. The molecule has 2 N–H and O–H groups in total. The van der Waals surface area contributed by atoms with Gasteiger partial charge in [-0.1, -0.05) is 52.3 Å². The monoisotopic (exact) mass is 591 g/mol. The molecule has 9 heteroatoms. The lowest BCUT2D eigenvalue weighted by Gasteiger charge is -2.36. The lowest BCUT2D eigenvalue weighted by atomic mass is 9.89. The Bertz CT molecular complexity index is 1530. The van der Waals surface area contributed by atoms with Crippen LogP contribution in [0.5, 0.6) is 0 Å². The molecule has 0 fully saturated rings. The van der Waals surface area contributed by atoms with Gasteiger partial charge in [0.15, 0.2) is 8.32 Å². The number of benzene rings is 1. The van der Waals surface area contributed by atoms with Crippen LogP contribution in [0.3, 0.4) is 0 Å². The molecule has 1 unspecified atom stereocenters. The number of rotatable bonds is 11. The third-order valence-corrected chi connectivity index (χ3v) is 14.1. The van der Waals surface area contributed by atoms with Crippen molar-refractivity contribution in [3.8, 4) is 16.9 Å². The highest BCUT2D eigenvalue weighted by molar-refractivity contribution is 7.84. The Morgan fingerprint density at radius 1 is 1.07 bits per heavy atom. The molecule has 4 aromatic rings. The fourth-order valence-corrected chi connectivity index (χ4v) is 6.06. The van der Waals surface area contributed by atoms with Crippen LogP contribution in [0.4, 0.5) is 0 Å². The summed E-state index contributed by atoms with van der Waals surface area (Å²) in [5, 5.41) is 11.7. The first kappa shape index (κ1) is 31.2. The van der Waals surface area contributed by atoms with E-state index in [1.54, 1.807) is 0 Å². The highest BCUT2D eigenvalue weighted by atomic mass is 32.2. The summed E-state index contributed by atoms with van der Waals surface area (Å²) in [6, 6.07) is 16.6. The van der Waals surface area contributed by atoms with Gasteiger partial charge in [-0.25, -0.2) is 8.89 Å². The van der Waals surface area contributed by atoms with Crippen molar-refractivity contribution in [1.82, 2.24) is 19.7 Å². The van der Waals surface area contributed by atoms with Crippen LogP contribution in [0.25, 0.3) is 27.8 Å². The Morgan fingerprint density at radius 2 is 1.83 bits per heavy atom.